The predicted octanol–water partition coefficient (Wildman–Crippen LogP) is 2.20. The summed E-state index contributed by atoms with van der Waals surface area (Å²) in [7, 11) is 0. The number of piperidine rings is 1. The smallest absolute Gasteiger partial charge is 0.254 e. The number of carbonyl (C=O) groups excluding carboxylic acids is 1. The van der Waals surface area contributed by atoms with Crippen LogP contribution in [0.4, 0.5) is 0 Å². The minimum atomic E-state index is 0.0652. The number of benzene rings is 1. The molecule has 1 atom stereocenters. The molecule has 108 valence electrons. The third kappa shape index (κ3) is 3.39. The van der Waals surface area contributed by atoms with Crippen LogP contribution in [0.3, 0.4) is 0 Å². The summed E-state index contributed by atoms with van der Waals surface area (Å²) >= 11 is 0. The summed E-state index contributed by atoms with van der Waals surface area (Å²) in [6.07, 6.45) is 4.91. The fourth-order valence-electron chi connectivity index (χ4n) is 2.53. The van der Waals surface area contributed by atoms with Gasteiger partial charge in [-0.25, -0.2) is 0 Å². The summed E-state index contributed by atoms with van der Waals surface area (Å²) in [5.41, 5.74) is 6.46. The molecule has 1 unspecified atom stereocenters. The Balaban J connectivity index is 2.05. The Morgan fingerprint density at radius 3 is 2.80 bits per heavy atom. The van der Waals surface area contributed by atoms with Crippen molar-refractivity contribution in [2.75, 3.05) is 19.7 Å². The van der Waals surface area contributed by atoms with Gasteiger partial charge in [0.05, 0.1) is 0 Å². The summed E-state index contributed by atoms with van der Waals surface area (Å²) < 4.78 is 5.41. The summed E-state index contributed by atoms with van der Waals surface area (Å²) in [5, 5.41) is 0. The van der Waals surface area contributed by atoms with E-state index >= 15 is 0 Å². The van der Waals surface area contributed by atoms with Crippen LogP contribution in [-0.4, -0.2) is 36.5 Å². The molecule has 0 radical (unpaired) electrons. The van der Waals surface area contributed by atoms with Gasteiger partial charge in [-0.2, -0.15) is 0 Å². The predicted molar refractivity (Wildman–Crippen MR) is 79.9 cm³/mol. The average Bonchev–Trinajstić information content (AvgIpc) is 2.52. The lowest BCUT2D eigenvalue weighted by molar-refractivity contribution is 0.0623. The second-order valence-electron chi connectivity index (χ2n) is 5.01. The standard InChI is InChI=1S/C16H22N2O2/c1-2-11-20-15-8-6-13(7-9-15)16(19)18-10-4-3-5-14(18)12-17/h2,6-9,14H,1,3-5,10-12,17H2. The molecular weight excluding hydrogens is 252 g/mol. The van der Waals surface area contributed by atoms with Gasteiger partial charge in [-0.15, -0.1) is 0 Å². The Labute approximate surface area is 120 Å². The number of carbonyl (C=O) groups is 1. The van der Waals surface area contributed by atoms with E-state index in [0.29, 0.717) is 18.7 Å². The van der Waals surface area contributed by atoms with Crippen molar-refractivity contribution in [2.24, 2.45) is 5.73 Å². The molecular formula is C16H22N2O2. The summed E-state index contributed by atoms with van der Waals surface area (Å²) in [6, 6.07) is 7.43. The lowest BCUT2D eigenvalue weighted by Gasteiger charge is -2.35. The van der Waals surface area contributed by atoms with Gasteiger partial charge in [0, 0.05) is 24.7 Å². The number of hydrogen-bond donors (Lipinski definition) is 1. The first-order valence-electron chi connectivity index (χ1n) is 7.11. The minimum Gasteiger partial charge on any atom is -0.490 e. The van der Waals surface area contributed by atoms with E-state index in [-0.39, 0.29) is 11.9 Å². The second-order valence-corrected chi connectivity index (χ2v) is 5.01. The van der Waals surface area contributed by atoms with E-state index in [1.807, 2.05) is 29.2 Å². The van der Waals surface area contributed by atoms with Crippen molar-refractivity contribution < 1.29 is 9.53 Å². The molecule has 0 aliphatic carbocycles. The molecule has 2 N–H and O–H groups in total. The fraction of sp³-hybridized carbons (Fsp3) is 0.438. The van der Waals surface area contributed by atoms with Crippen LogP contribution in [0, 0.1) is 0 Å². The maximum Gasteiger partial charge on any atom is 0.254 e. The Kier molecular flexibility index (Phi) is 5.18. The Bertz CT molecular complexity index is 456. The van der Waals surface area contributed by atoms with Crippen molar-refractivity contribution in [1.82, 2.24) is 4.90 Å². The molecule has 1 saturated heterocycles. The lowest BCUT2D eigenvalue weighted by atomic mass is 10.0. The Hall–Kier alpha value is -1.81. The first-order chi connectivity index (χ1) is 9.76. The largest absolute Gasteiger partial charge is 0.490 e. The minimum absolute atomic E-state index is 0.0652. The zero-order valence-electron chi connectivity index (χ0n) is 11.8. The van der Waals surface area contributed by atoms with Crippen LogP contribution in [0.25, 0.3) is 0 Å². The molecule has 4 heteroatoms. The quantitative estimate of drug-likeness (QED) is 0.837. The zero-order chi connectivity index (χ0) is 14.4. The highest BCUT2D eigenvalue weighted by atomic mass is 16.5. The summed E-state index contributed by atoms with van der Waals surface area (Å²) in [6.45, 7) is 5.40. The molecule has 20 heavy (non-hydrogen) atoms. The Morgan fingerprint density at radius 1 is 1.40 bits per heavy atom. The molecule has 1 aromatic rings. The number of rotatable bonds is 5. The fourth-order valence-corrected chi connectivity index (χ4v) is 2.53. The highest BCUT2D eigenvalue weighted by Crippen LogP contribution is 2.20. The van der Waals surface area contributed by atoms with Crippen molar-refractivity contribution in [3.8, 4) is 5.75 Å². The van der Waals surface area contributed by atoms with Crippen molar-refractivity contribution in [3.63, 3.8) is 0 Å². The van der Waals surface area contributed by atoms with E-state index in [1.165, 1.54) is 0 Å². The van der Waals surface area contributed by atoms with E-state index in [9.17, 15) is 4.79 Å². The van der Waals surface area contributed by atoms with Crippen LogP contribution < -0.4 is 10.5 Å². The third-order valence-electron chi connectivity index (χ3n) is 3.63. The topological polar surface area (TPSA) is 55.6 Å². The monoisotopic (exact) mass is 274 g/mol. The van der Waals surface area contributed by atoms with E-state index < -0.39 is 0 Å². The number of ether oxygens (including phenoxy) is 1. The average molecular weight is 274 g/mol. The third-order valence-corrected chi connectivity index (χ3v) is 3.63. The molecule has 1 aliphatic rings. The number of nitrogens with zero attached hydrogens (tertiary/aromatic N) is 1. The molecule has 1 aromatic carbocycles. The summed E-state index contributed by atoms with van der Waals surface area (Å²) in [4.78, 5) is 14.4. The van der Waals surface area contributed by atoms with Gasteiger partial charge < -0.3 is 15.4 Å². The van der Waals surface area contributed by atoms with Gasteiger partial charge in [0.15, 0.2) is 0 Å². The molecule has 0 spiro atoms. The number of hydrogen-bond acceptors (Lipinski definition) is 3. The van der Waals surface area contributed by atoms with Gasteiger partial charge in [0.1, 0.15) is 12.4 Å². The van der Waals surface area contributed by atoms with Crippen molar-refractivity contribution >= 4 is 5.91 Å². The van der Waals surface area contributed by atoms with Gasteiger partial charge in [-0.3, -0.25) is 4.79 Å². The molecule has 0 aromatic heterocycles. The normalized spacial score (nSPS) is 18.6. The van der Waals surface area contributed by atoms with Crippen molar-refractivity contribution in [2.45, 2.75) is 25.3 Å². The molecule has 4 nitrogen and oxygen atoms in total. The highest BCUT2D eigenvalue weighted by molar-refractivity contribution is 5.94. The number of nitrogens with two attached hydrogens (primary N) is 1. The van der Waals surface area contributed by atoms with Gasteiger partial charge >= 0.3 is 0 Å². The molecule has 1 amide bonds. The van der Waals surface area contributed by atoms with Crippen LogP contribution in [0.15, 0.2) is 36.9 Å². The van der Waals surface area contributed by atoms with Crippen LogP contribution in [0.1, 0.15) is 29.6 Å². The lowest BCUT2D eigenvalue weighted by Crippen LogP contribution is -2.47. The van der Waals surface area contributed by atoms with Crippen LogP contribution in [0.2, 0.25) is 0 Å². The SMILES string of the molecule is C=CCOc1ccc(C(=O)N2CCCCC2CN)cc1. The molecule has 0 saturated carbocycles. The summed E-state index contributed by atoms with van der Waals surface area (Å²) in [5.74, 6) is 0.811. The van der Waals surface area contributed by atoms with Gasteiger partial charge in [-0.05, 0) is 43.5 Å². The van der Waals surface area contributed by atoms with Gasteiger partial charge in [-0.1, -0.05) is 12.7 Å². The van der Waals surface area contributed by atoms with Crippen LogP contribution in [-0.2, 0) is 0 Å². The highest BCUT2D eigenvalue weighted by Gasteiger charge is 2.26. The number of amides is 1. The molecule has 2 rings (SSSR count). The van der Waals surface area contributed by atoms with Gasteiger partial charge in [0.2, 0.25) is 0 Å². The molecule has 1 aliphatic heterocycles. The maximum atomic E-state index is 12.5. The first kappa shape index (κ1) is 14.6. The van der Waals surface area contributed by atoms with E-state index in [2.05, 4.69) is 6.58 Å². The van der Waals surface area contributed by atoms with Crippen molar-refractivity contribution in [3.05, 3.63) is 42.5 Å². The second kappa shape index (κ2) is 7.10. The van der Waals surface area contributed by atoms with E-state index in [1.54, 1.807) is 6.08 Å². The maximum absolute atomic E-state index is 12.5. The van der Waals surface area contributed by atoms with Crippen LogP contribution in [0.5, 0.6) is 5.75 Å². The zero-order valence-corrected chi connectivity index (χ0v) is 11.8. The van der Waals surface area contributed by atoms with Crippen LogP contribution >= 0.6 is 0 Å². The van der Waals surface area contributed by atoms with Gasteiger partial charge in [0.25, 0.3) is 5.91 Å². The molecule has 0 bridgehead atoms. The number of likely N-dealkylation sites (tertiary alicyclic amines) is 1. The first-order valence-corrected chi connectivity index (χ1v) is 7.11. The molecule has 1 fully saturated rings. The van der Waals surface area contributed by atoms with E-state index in [0.717, 1.165) is 31.6 Å². The Morgan fingerprint density at radius 2 is 2.15 bits per heavy atom. The van der Waals surface area contributed by atoms with Crippen molar-refractivity contribution in [1.29, 1.82) is 0 Å². The molecule has 1 heterocycles. The van der Waals surface area contributed by atoms with E-state index in [4.69, 9.17) is 10.5 Å².